The molecule has 0 fully saturated rings. The maximum absolute atomic E-state index is 11.3. The highest BCUT2D eigenvalue weighted by Gasteiger charge is 2.27. The molecule has 0 bridgehead atoms. The molecule has 0 aromatic rings. The standard InChI is InChI=1S/C10H17NO/c1-10(2)6-8(11(3)4)5-9(12)7-10/h5H,6-7H2,1-4H3. The molecule has 0 heterocycles. The van der Waals surface area contributed by atoms with Crippen molar-refractivity contribution in [3.63, 3.8) is 0 Å². The largest absolute Gasteiger partial charge is 0.381 e. The van der Waals surface area contributed by atoms with E-state index in [0.29, 0.717) is 6.42 Å². The molecular weight excluding hydrogens is 150 g/mol. The van der Waals surface area contributed by atoms with Crippen LogP contribution in [-0.4, -0.2) is 24.8 Å². The lowest BCUT2D eigenvalue weighted by Crippen LogP contribution is -2.27. The fraction of sp³-hybridized carbons (Fsp3) is 0.700. The van der Waals surface area contributed by atoms with Crippen molar-refractivity contribution >= 4 is 5.78 Å². The zero-order valence-corrected chi connectivity index (χ0v) is 8.35. The lowest BCUT2D eigenvalue weighted by molar-refractivity contribution is -0.117. The van der Waals surface area contributed by atoms with Crippen LogP contribution in [0.3, 0.4) is 0 Å². The smallest absolute Gasteiger partial charge is 0.157 e. The highest BCUT2D eigenvalue weighted by atomic mass is 16.1. The summed E-state index contributed by atoms with van der Waals surface area (Å²) in [5, 5.41) is 0. The Kier molecular flexibility index (Phi) is 2.27. The van der Waals surface area contributed by atoms with Gasteiger partial charge in [-0.1, -0.05) is 13.8 Å². The van der Waals surface area contributed by atoms with Crippen molar-refractivity contribution in [3.8, 4) is 0 Å². The molecule has 1 aliphatic rings. The third-order valence-corrected chi connectivity index (χ3v) is 2.21. The van der Waals surface area contributed by atoms with Crippen molar-refractivity contribution in [2.24, 2.45) is 5.41 Å². The summed E-state index contributed by atoms with van der Waals surface area (Å²) in [4.78, 5) is 13.3. The minimum absolute atomic E-state index is 0.144. The van der Waals surface area contributed by atoms with Gasteiger partial charge in [-0.2, -0.15) is 0 Å². The molecule has 0 aliphatic heterocycles. The van der Waals surface area contributed by atoms with Crippen molar-refractivity contribution in [1.82, 2.24) is 4.90 Å². The van der Waals surface area contributed by atoms with Crippen LogP contribution in [0.15, 0.2) is 11.8 Å². The van der Waals surface area contributed by atoms with Gasteiger partial charge in [0.2, 0.25) is 0 Å². The first-order valence-electron chi connectivity index (χ1n) is 4.31. The van der Waals surface area contributed by atoms with Gasteiger partial charge in [-0.3, -0.25) is 4.79 Å². The van der Waals surface area contributed by atoms with Crippen molar-refractivity contribution in [2.75, 3.05) is 14.1 Å². The number of carbonyl (C=O) groups excluding carboxylic acids is 1. The molecule has 0 spiro atoms. The molecular formula is C10H17NO. The van der Waals surface area contributed by atoms with E-state index in [9.17, 15) is 4.79 Å². The molecule has 2 heteroatoms. The summed E-state index contributed by atoms with van der Waals surface area (Å²) in [7, 11) is 3.97. The molecule has 0 N–H and O–H groups in total. The van der Waals surface area contributed by atoms with Crippen molar-refractivity contribution in [1.29, 1.82) is 0 Å². The quantitative estimate of drug-likeness (QED) is 0.593. The van der Waals surface area contributed by atoms with Gasteiger partial charge < -0.3 is 4.90 Å². The van der Waals surface area contributed by atoms with Gasteiger partial charge in [0.1, 0.15) is 0 Å². The predicted octanol–water partition coefficient (Wildman–Crippen LogP) is 1.82. The van der Waals surface area contributed by atoms with Crippen LogP contribution in [-0.2, 0) is 4.79 Å². The number of nitrogens with zero attached hydrogens (tertiary/aromatic N) is 1. The lowest BCUT2D eigenvalue weighted by atomic mass is 9.79. The van der Waals surface area contributed by atoms with E-state index >= 15 is 0 Å². The van der Waals surface area contributed by atoms with Crippen LogP contribution < -0.4 is 0 Å². The molecule has 1 aliphatic carbocycles. The second-order valence-corrected chi connectivity index (χ2v) is 4.51. The highest BCUT2D eigenvalue weighted by Crippen LogP contribution is 2.33. The second kappa shape index (κ2) is 2.92. The Bertz CT molecular complexity index is 226. The van der Waals surface area contributed by atoms with Crippen molar-refractivity contribution in [2.45, 2.75) is 26.7 Å². The van der Waals surface area contributed by atoms with Crippen molar-refractivity contribution < 1.29 is 4.79 Å². The second-order valence-electron chi connectivity index (χ2n) is 4.51. The molecule has 2 nitrogen and oxygen atoms in total. The van der Waals surface area contributed by atoms with Gasteiger partial charge in [0.05, 0.1) is 0 Å². The molecule has 0 saturated heterocycles. The predicted molar refractivity (Wildman–Crippen MR) is 49.8 cm³/mol. The topological polar surface area (TPSA) is 20.3 Å². The monoisotopic (exact) mass is 167 g/mol. The summed E-state index contributed by atoms with van der Waals surface area (Å²) in [6.45, 7) is 4.28. The van der Waals surface area contributed by atoms with Crippen LogP contribution in [0.2, 0.25) is 0 Å². The summed E-state index contributed by atoms with van der Waals surface area (Å²) >= 11 is 0. The first kappa shape index (κ1) is 9.30. The van der Waals surface area contributed by atoms with E-state index in [-0.39, 0.29) is 11.2 Å². The summed E-state index contributed by atoms with van der Waals surface area (Å²) in [6.07, 6.45) is 3.46. The van der Waals surface area contributed by atoms with Crippen LogP contribution >= 0.6 is 0 Å². The third kappa shape index (κ3) is 2.10. The maximum Gasteiger partial charge on any atom is 0.157 e. The first-order chi connectivity index (χ1) is 5.41. The molecule has 0 radical (unpaired) electrons. The molecule has 0 aromatic carbocycles. The third-order valence-electron chi connectivity index (χ3n) is 2.21. The molecule has 1 rings (SSSR count). The van der Waals surface area contributed by atoms with E-state index < -0.39 is 0 Å². The Morgan fingerprint density at radius 2 is 1.92 bits per heavy atom. The Balaban J connectivity index is 2.84. The molecule has 0 unspecified atom stereocenters. The van der Waals surface area contributed by atoms with E-state index in [1.54, 1.807) is 6.08 Å². The van der Waals surface area contributed by atoms with Gasteiger partial charge in [-0.05, 0) is 11.8 Å². The number of hydrogen-bond donors (Lipinski definition) is 0. The fourth-order valence-electron chi connectivity index (χ4n) is 1.60. The normalized spacial score (nSPS) is 22.0. The van der Waals surface area contributed by atoms with Crippen LogP contribution in [0.25, 0.3) is 0 Å². The van der Waals surface area contributed by atoms with Gasteiger partial charge in [-0.25, -0.2) is 0 Å². The van der Waals surface area contributed by atoms with E-state index in [1.165, 1.54) is 0 Å². The Morgan fingerprint density at radius 3 is 2.33 bits per heavy atom. The highest BCUT2D eigenvalue weighted by molar-refractivity contribution is 5.91. The Hall–Kier alpha value is -0.790. The zero-order chi connectivity index (χ0) is 9.35. The summed E-state index contributed by atoms with van der Waals surface area (Å²) < 4.78 is 0. The number of carbonyl (C=O) groups is 1. The summed E-state index contributed by atoms with van der Waals surface area (Å²) in [5.74, 6) is 0.259. The fourth-order valence-corrected chi connectivity index (χ4v) is 1.60. The number of ketones is 1. The van der Waals surface area contributed by atoms with Crippen LogP contribution in [0.5, 0.6) is 0 Å². The minimum Gasteiger partial charge on any atom is -0.381 e. The minimum atomic E-state index is 0.144. The molecule has 68 valence electrons. The van der Waals surface area contributed by atoms with Gasteiger partial charge in [-0.15, -0.1) is 0 Å². The van der Waals surface area contributed by atoms with Crippen LogP contribution in [0.1, 0.15) is 26.7 Å². The SMILES string of the molecule is CN(C)C1=CC(=O)CC(C)(C)C1. The molecule has 0 saturated carbocycles. The molecule has 0 amide bonds. The van der Waals surface area contributed by atoms with Crippen LogP contribution in [0, 0.1) is 5.41 Å². The number of rotatable bonds is 1. The van der Waals surface area contributed by atoms with Crippen molar-refractivity contribution in [3.05, 3.63) is 11.8 Å². The lowest BCUT2D eigenvalue weighted by Gasteiger charge is -2.31. The molecule has 0 aromatic heterocycles. The molecule has 0 atom stereocenters. The van der Waals surface area contributed by atoms with Gasteiger partial charge >= 0.3 is 0 Å². The summed E-state index contributed by atoms with van der Waals surface area (Å²) in [5.41, 5.74) is 1.29. The summed E-state index contributed by atoms with van der Waals surface area (Å²) in [6, 6.07) is 0. The molecule has 12 heavy (non-hydrogen) atoms. The Labute approximate surface area is 74.2 Å². The van der Waals surface area contributed by atoms with E-state index in [0.717, 1.165) is 12.1 Å². The van der Waals surface area contributed by atoms with Gasteiger partial charge in [0.15, 0.2) is 5.78 Å². The zero-order valence-electron chi connectivity index (χ0n) is 8.35. The average Bonchev–Trinajstić information content (AvgIpc) is 1.82. The van der Waals surface area contributed by atoms with E-state index in [2.05, 4.69) is 13.8 Å². The Morgan fingerprint density at radius 1 is 1.33 bits per heavy atom. The number of allylic oxidation sites excluding steroid dienone is 2. The van der Waals surface area contributed by atoms with E-state index in [4.69, 9.17) is 0 Å². The number of hydrogen-bond acceptors (Lipinski definition) is 2. The average molecular weight is 167 g/mol. The first-order valence-corrected chi connectivity index (χ1v) is 4.31. The maximum atomic E-state index is 11.3. The van der Waals surface area contributed by atoms with E-state index in [1.807, 2.05) is 19.0 Å². The van der Waals surface area contributed by atoms with Crippen LogP contribution in [0.4, 0.5) is 0 Å². The van der Waals surface area contributed by atoms with Gasteiger partial charge in [0, 0.05) is 32.3 Å². The van der Waals surface area contributed by atoms with Gasteiger partial charge in [0.25, 0.3) is 0 Å².